The first-order valence-corrected chi connectivity index (χ1v) is 47.2. The standard InChI is InChI=1S/C12H22N4OS.C12H22N4O.C11H22N2O2.C10H21NOS.C9H19NO.5CH5P.CH4.4H4P2/c1-9(2)5-6-13-12(17)8-18-16-7-11(10(3)4)14-15-16;1-9(2)5-6-13-12(17)7-11-8-14-15-16(11)10(3)4;1-9(2)5-7-12-11(14)6-8-15-13-10(3)4;1-8(2)5-6-11-10(12)7-13-9(3)4;1-7(2)5-6-9(11)10-8(3)4;5*1-2;;4*1-2/h7,9-10H,5-6,8H2,1-4H3,(H,13,17);8-10H,5-7H2,1-4H3,(H,13,17);9H,5-8H2,1-4H3,(H,12,14);8-9H,5-7H2,1-4H3,(H,11,12);7-8H,5-6H2,1-4H3,(H,10,11);5*2H2,1H3;1H4;4*1-2H2/i;;;;;5*1D;;;;;. The molecule has 33 heteroatoms. The van der Waals surface area contributed by atoms with E-state index in [0.29, 0.717) is 111 Å². The molecule has 2 aromatic rings. The molecule has 18 nitrogen and oxygen atoms in total. The molecule has 0 spiro atoms. The molecular formula is C60H151N12O6P13S2. The van der Waals surface area contributed by atoms with Gasteiger partial charge in [0.15, 0.2) is 0 Å². The minimum atomic E-state index is 0. The van der Waals surface area contributed by atoms with Gasteiger partial charge in [0.1, 0.15) is 6.61 Å². The molecular weight excluding hydrogens is 1450 g/mol. The largest absolute Gasteiger partial charge is 0.395 e. The molecule has 5 amide bonds. The molecule has 2 heterocycles. The number of oxime groups is 1. The Morgan fingerprint density at radius 1 is 0.548 bits per heavy atom. The van der Waals surface area contributed by atoms with Crippen LogP contribution in [0.2, 0.25) is 0 Å². The normalized spacial score (nSPS) is 9.89. The van der Waals surface area contributed by atoms with Gasteiger partial charge in [0.2, 0.25) is 29.5 Å². The highest BCUT2D eigenvalue weighted by Gasteiger charge is 2.12. The molecule has 93 heavy (non-hydrogen) atoms. The molecule has 2 rings (SSSR count). The van der Waals surface area contributed by atoms with Gasteiger partial charge in [0.25, 0.3) is 0 Å². The lowest BCUT2D eigenvalue weighted by Crippen LogP contribution is -2.29. The topological polar surface area (TPSA) is 229 Å². The molecule has 13 unspecified atom stereocenters. The van der Waals surface area contributed by atoms with Crippen molar-refractivity contribution in [1.29, 1.82) is 0 Å². The van der Waals surface area contributed by atoms with Crippen LogP contribution in [0.3, 0.4) is 0 Å². The number of carbonyl (C=O) groups is 5. The van der Waals surface area contributed by atoms with Crippen LogP contribution in [-0.2, 0) is 35.2 Å². The molecule has 0 fully saturated rings. The van der Waals surface area contributed by atoms with Crippen molar-refractivity contribution < 1.29 is 35.7 Å². The smallest absolute Gasteiger partial charge is 0.231 e. The zero-order valence-electron chi connectivity index (χ0n) is 65.9. The summed E-state index contributed by atoms with van der Waals surface area (Å²) in [4.78, 5) is 61.6. The number of rotatable bonds is 30. The lowest BCUT2D eigenvalue weighted by atomic mass is 10.1. The Balaban J connectivity index is -0.0000000778. The number of nitrogens with zero attached hydrogens (tertiary/aromatic N) is 7. The van der Waals surface area contributed by atoms with E-state index in [1.54, 1.807) is 26.7 Å². The number of hydrogen-bond donors (Lipinski definition) is 5. The number of carbonyl (C=O) groups excluding carboxylic acids is 5. The number of hydrogen-bond acceptors (Lipinski definition) is 13. The third kappa shape index (κ3) is 115. The minimum Gasteiger partial charge on any atom is -0.395 e. The van der Waals surface area contributed by atoms with Crippen LogP contribution in [-0.4, -0.2) is 153 Å². The third-order valence-electron chi connectivity index (χ3n) is 9.68. The molecule has 2 aromatic heterocycles. The van der Waals surface area contributed by atoms with Crippen LogP contribution >= 0.6 is 141 Å². The first-order chi connectivity index (χ1) is 45.6. The van der Waals surface area contributed by atoms with Crippen LogP contribution < -0.4 is 26.6 Å². The summed E-state index contributed by atoms with van der Waals surface area (Å²) in [7, 11) is 29.9. The van der Waals surface area contributed by atoms with Crippen molar-refractivity contribution in [2.24, 2.45) is 34.7 Å². The van der Waals surface area contributed by atoms with E-state index in [1.165, 1.54) is 11.9 Å². The monoisotopic (exact) mass is 1610 g/mol. The summed E-state index contributed by atoms with van der Waals surface area (Å²) in [5, 5.41) is 34.5. The van der Waals surface area contributed by atoms with Gasteiger partial charge in [-0.25, -0.2) is 4.68 Å². The lowest BCUT2D eigenvalue weighted by molar-refractivity contribution is -0.122. The Morgan fingerprint density at radius 3 is 1.26 bits per heavy atom. The van der Waals surface area contributed by atoms with E-state index in [-0.39, 0.29) is 49.0 Å². The van der Waals surface area contributed by atoms with Crippen molar-refractivity contribution in [2.45, 2.75) is 221 Å². The minimum absolute atomic E-state index is 0. The maximum atomic E-state index is 11.7. The van der Waals surface area contributed by atoms with Crippen molar-refractivity contribution in [3.63, 3.8) is 0 Å². The second-order valence-corrected chi connectivity index (χ2v) is 24.2. The average Bonchev–Trinajstić information content (AvgIpc) is 1.76. The number of aromatic nitrogens is 6. The molecule has 0 aromatic carbocycles. The van der Waals surface area contributed by atoms with E-state index < -0.39 is 0 Å². The van der Waals surface area contributed by atoms with Gasteiger partial charge in [-0.2, -0.15) is 4.09 Å². The molecule has 0 aliphatic carbocycles. The van der Waals surface area contributed by atoms with Crippen molar-refractivity contribution >= 4 is 177 Å². The van der Waals surface area contributed by atoms with Gasteiger partial charge in [-0.3, -0.25) is 24.0 Å². The zero-order valence-corrected chi connectivity index (χ0v) is 77.5. The molecule has 564 valence electrons. The van der Waals surface area contributed by atoms with Gasteiger partial charge < -0.3 is 31.4 Å². The molecule has 13 atom stereocenters. The van der Waals surface area contributed by atoms with E-state index in [1.807, 2.05) is 47.7 Å². The van der Waals surface area contributed by atoms with Gasteiger partial charge in [-0.15, -0.1) is 140 Å². The zero-order chi connectivity index (χ0) is 78.7. The van der Waals surface area contributed by atoms with Gasteiger partial charge >= 0.3 is 0 Å². The Hall–Kier alpha value is 1.39. The Kier molecular flexibility index (Phi) is 121. The van der Waals surface area contributed by atoms with E-state index in [2.05, 4.69) is 267 Å². The average molecular weight is 1610 g/mol. The SMILES string of the molecule is C.CC(C)=NOCCC(=O)NCCC(C)C.CC(C)CCC(=O)NC(C)C.CC(C)CCNC(=O)CSC(C)C.CC(C)CCNC(=O)CSn1cc(C(C)C)nn1.CC(C)CCNC(=O)Cc1cnnn1C(C)C.PP.PP.PP.PP.[2H]CP.[2H]CP.[2H]CP.[2H]CP.[2H]CP. The molecule has 0 radical (unpaired) electrons. The number of amides is 5. The van der Waals surface area contributed by atoms with Gasteiger partial charge in [-0.1, -0.05) is 153 Å². The maximum absolute atomic E-state index is 11.7. The Labute approximate surface area is 620 Å². The summed E-state index contributed by atoms with van der Waals surface area (Å²) < 4.78 is 34.3. The molecule has 0 aliphatic heterocycles. The van der Waals surface area contributed by atoms with Gasteiger partial charge in [0.05, 0.1) is 53.8 Å². The summed E-state index contributed by atoms with van der Waals surface area (Å²) in [6.45, 7) is 46.9. The second-order valence-electron chi connectivity index (χ2n) is 21.7. The van der Waals surface area contributed by atoms with Gasteiger partial charge in [-0.05, 0) is 126 Å². The first-order valence-electron chi connectivity index (χ1n) is 34.0. The van der Waals surface area contributed by atoms with Crippen molar-refractivity contribution in [3.8, 4) is 0 Å². The predicted molar refractivity (Wildman–Crippen MR) is 473 cm³/mol. The highest BCUT2D eigenvalue weighted by Crippen LogP contribution is 2.13. The van der Waals surface area contributed by atoms with Crippen LogP contribution in [0, 0.1) is 29.6 Å². The summed E-state index contributed by atoms with van der Waals surface area (Å²) >= 11 is 3.04. The summed E-state index contributed by atoms with van der Waals surface area (Å²) in [5.41, 5.74) is 2.67. The Bertz CT molecular complexity index is 1930. The van der Waals surface area contributed by atoms with E-state index >= 15 is 0 Å². The summed E-state index contributed by atoms with van der Waals surface area (Å²) in [6.07, 6.45) is 9.99. The van der Waals surface area contributed by atoms with Crippen LogP contribution in [0.15, 0.2) is 17.5 Å². The van der Waals surface area contributed by atoms with Crippen molar-refractivity contribution in [2.75, 3.05) is 77.5 Å². The fourth-order valence-corrected chi connectivity index (χ4v) is 6.54. The molecule has 0 saturated heterocycles. The number of nitrogens with one attached hydrogen (secondary N) is 5. The van der Waals surface area contributed by atoms with E-state index in [4.69, 9.17) is 11.7 Å². The van der Waals surface area contributed by atoms with Crippen molar-refractivity contribution in [1.82, 2.24) is 56.0 Å². The highest BCUT2D eigenvalue weighted by atomic mass is 32.2. The highest BCUT2D eigenvalue weighted by molar-refractivity contribution is 8.00. The molecule has 0 saturated carbocycles. The second kappa shape index (κ2) is 102. The van der Waals surface area contributed by atoms with Crippen molar-refractivity contribution in [3.05, 3.63) is 23.8 Å². The van der Waals surface area contributed by atoms with E-state index in [0.717, 1.165) is 75.4 Å². The first kappa shape index (κ1) is 110. The fraction of sp³-hybridized carbons (Fsp3) is 0.833. The van der Waals surface area contributed by atoms with Crippen LogP contribution in [0.1, 0.15) is 221 Å². The van der Waals surface area contributed by atoms with Crippen LogP contribution in [0.25, 0.3) is 0 Å². The fourth-order valence-electron chi connectivity index (χ4n) is 5.33. The van der Waals surface area contributed by atoms with Crippen LogP contribution in [0.5, 0.6) is 0 Å². The van der Waals surface area contributed by atoms with Gasteiger partial charge in [0, 0.05) is 51.5 Å². The third-order valence-corrected chi connectivity index (χ3v) is 11.6. The summed E-state index contributed by atoms with van der Waals surface area (Å²) in [5.74, 6) is 4.90. The quantitative estimate of drug-likeness (QED) is 0.0213. The number of thioether (sulfide) groups is 1. The van der Waals surface area contributed by atoms with Crippen LogP contribution in [0.4, 0.5) is 0 Å². The molecule has 0 aliphatic rings. The maximum Gasteiger partial charge on any atom is 0.231 e. The molecule has 5 N–H and O–H groups in total. The Morgan fingerprint density at radius 2 is 0.925 bits per heavy atom. The van der Waals surface area contributed by atoms with E-state index in [9.17, 15) is 24.0 Å². The lowest BCUT2D eigenvalue weighted by Gasteiger charge is -2.10. The molecule has 0 bridgehead atoms. The summed E-state index contributed by atoms with van der Waals surface area (Å²) in [6, 6.07) is 0.505. The predicted octanol–water partition coefficient (Wildman–Crippen LogP) is 15.5.